The number of rotatable bonds is 9. The summed E-state index contributed by atoms with van der Waals surface area (Å²) in [7, 11) is 0. The van der Waals surface area contributed by atoms with E-state index in [1.54, 1.807) is 13.0 Å². The largest absolute Gasteiger partial charge is 0.490 e. The Hall–Kier alpha value is -3.72. The van der Waals surface area contributed by atoms with Gasteiger partial charge in [-0.25, -0.2) is 9.79 Å². The van der Waals surface area contributed by atoms with E-state index < -0.39 is 12.0 Å². The van der Waals surface area contributed by atoms with Gasteiger partial charge in [-0.1, -0.05) is 35.5 Å². The molecule has 2 aliphatic heterocycles. The van der Waals surface area contributed by atoms with Gasteiger partial charge in [0, 0.05) is 11.9 Å². The van der Waals surface area contributed by atoms with Gasteiger partial charge in [0.15, 0.2) is 23.3 Å². The Morgan fingerprint density at radius 3 is 2.53 bits per heavy atom. The van der Waals surface area contributed by atoms with Gasteiger partial charge in [-0.2, -0.15) is 0 Å². The number of aryl methyl sites for hydroxylation is 1. The fourth-order valence-electron chi connectivity index (χ4n) is 3.96. The van der Waals surface area contributed by atoms with Gasteiger partial charge < -0.3 is 24.4 Å². The summed E-state index contributed by atoms with van der Waals surface area (Å²) in [6, 6.07) is 12.6. The summed E-state index contributed by atoms with van der Waals surface area (Å²) in [6.07, 6.45) is 1.90. The molecule has 0 radical (unpaired) electrons. The van der Waals surface area contributed by atoms with Crippen LogP contribution in [-0.4, -0.2) is 41.8 Å². The predicted molar refractivity (Wildman–Crippen MR) is 141 cm³/mol. The molecule has 4 rings (SSSR count). The second-order valence-corrected chi connectivity index (χ2v) is 9.04. The standard InChI is InChI=1S/C27H29N3O5S/c1-5-33-22-15-19(9-12-21(22)35-16-23(31)29-20-10-7-17(3)8-11-20)25-24(26(32)34-6-2)18(4)28-27-30(25)13-14-36-27/h7-15,25H,5-6,16H2,1-4H3,(H,29,31)/t25-/m1/s1. The zero-order valence-electron chi connectivity index (χ0n) is 20.7. The quantitative estimate of drug-likeness (QED) is 0.468. The van der Waals surface area contributed by atoms with Gasteiger partial charge in [-0.05, 0) is 62.9 Å². The van der Waals surface area contributed by atoms with Crippen molar-refractivity contribution in [2.24, 2.45) is 4.99 Å². The number of aliphatic imine (C=N–C) groups is 1. The van der Waals surface area contributed by atoms with Gasteiger partial charge in [-0.3, -0.25) is 4.79 Å². The molecule has 2 aromatic carbocycles. The van der Waals surface area contributed by atoms with E-state index in [1.165, 1.54) is 11.8 Å². The SMILES string of the molecule is CCOC(=O)C1=C(C)N=C2SC=CN2[C@@H]1c1ccc(OCC(=O)Nc2ccc(C)cc2)c(OCC)c1. The number of allylic oxidation sites excluding steroid dienone is 1. The summed E-state index contributed by atoms with van der Waals surface area (Å²) in [5.74, 6) is 0.244. The Morgan fingerprint density at radius 2 is 1.81 bits per heavy atom. The molecule has 2 aliphatic rings. The second kappa shape index (κ2) is 11.3. The van der Waals surface area contributed by atoms with Crippen LogP contribution in [0.1, 0.15) is 37.9 Å². The maximum Gasteiger partial charge on any atom is 0.338 e. The van der Waals surface area contributed by atoms with Gasteiger partial charge in [0.1, 0.15) is 0 Å². The molecule has 9 heteroatoms. The van der Waals surface area contributed by atoms with Gasteiger partial charge in [0.25, 0.3) is 5.91 Å². The molecular formula is C27H29N3O5S. The Bertz CT molecular complexity index is 1240. The molecule has 36 heavy (non-hydrogen) atoms. The molecular weight excluding hydrogens is 478 g/mol. The monoisotopic (exact) mass is 507 g/mol. The summed E-state index contributed by atoms with van der Waals surface area (Å²) in [5.41, 5.74) is 3.72. The van der Waals surface area contributed by atoms with Crippen molar-refractivity contribution in [1.29, 1.82) is 0 Å². The van der Waals surface area contributed by atoms with E-state index in [0.717, 1.165) is 16.3 Å². The van der Waals surface area contributed by atoms with Crippen molar-refractivity contribution in [3.63, 3.8) is 0 Å². The van der Waals surface area contributed by atoms with Gasteiger partial charge in [0.2, 0.25) is 0 Å². The van der Waals surface area contributed by atoms with E-state index in [9.17, 15) is 9.59 Å². The molecule has 0 bridgehead atoms. The Kier molecular flexibility index (Phi) is 8.00. The van der Waals surface area contributed by atoms with Crippen molar-refractivity contribution in [3.05, 3.63) is 76.5 Å². The lowest BCUT2D eigenvalue weighted by Crippen LogP contribution is -2.34. The van der Waals surface area contributed by atoms with Crippen molar-refractivity contribution in [2.45, 2.75) is 33.7 Å². The topological polar surface area (TPSA) is 89.5 Å². The number of anilines is 1. The first-order valence-corrected chi connectivity index (χ1v) is 12.6. The number of amides is 1. The van der Waals surface area contributed by atoms with Crippen LogP contribution < -0.4 is 14.8 Å². The number of amidine groups is 1. The molecule has 0 unspecified atom stereocenters. The Labute approximate surface area is 215 Å². The van der Waals surface area contributed by atoms with E-state index in [1.807, 2.05) is 73.7 Å². The second-order valence-electron chi connectivity index (χ2n) is 8.17. The minimum Gasteiger partial charge on any atom is -0.490 e. The van der Waals surface area contributed by atoms with Crippen molar-refractivity contribution in [3.8, 4) is 11.5 Å². The van der Waals surface area contributed by atoms with Gasteiger partial charge in [0.05, 0.1) is 30.5 Å². The van der Waals surface area contributed by atoms with E-state index in [4.69, 9.17) is 14.2 Å². The fraction of sp³-hybridized carbons (Fsp3) is 0.296. The average molecular weight is 508 g/mol. The van der Waals surface area contributed by atoms with Crippen LogP contribution in [0.15, 0.2) is 70.3 Å². The lowest BCUT2D eigenvalue weighted by Gasteiger charge is -2.33. The number of carbonyl (C=O) groups excluding carboxylic acids is 2. The average Bonchev–Trinajstić information content (AvgIpc) is 3.32. The minimum absolute atomic E-state index is 0.174. The lowest BCUT2D eigenvalue weighted by atomic mass is 9.94. The minimum atomic E-state index is -0.430. The maximum absolute atomic E-state index is 12.9. The van der Waals surface area contributed by atoms with E-state index in [2.05, 4.69) is 10.3 Å². The number of carbonyl (C=O) groups is 2. The zero-order chi connectivity index (χ0) is 25.7. The van der Waals surface area contributed by atoms with Crippen LogP contribution in [0.5, 0.6) is 11.5 Å². The van der Waals surface area contributed by atoms with Crippen molar-refractivity contribution < 1.29 is 23.8 Å². The molecule has 2 heterocycles. The number of hydrogen-bond donors (Lipinski definition) is 1. The number of fused-ring (bicyclic) bond motifs is 1. The molecule has 0 fully saturated rings. The van der Waals surface area contributed by atoms with Crippen LogP contribution in [0.2, 0.25) is 0 Å². The number of ether oxygens (including phenoxy) is 3. The van der Waals surface area contributed by atoms with Crippen molar-refractivity contribution >= 4 is 34.5 Å². The first-order valence-electron chi connectivity index (χ1n) is 11.8. The highest BCUT2D eigenvalue weighted by molar-refractivity contribution is 8.16. The van der Waals surface area contributed by atoms with Gasteiger partial charge >= 0.3 is 5.97 Å². The fourth-order valence-corrected chi connectivity index (χ4v) is 4.75. The summed E-state index contributed by atoms with van der Waals surface area (Å²) >= 11 is 1.49. The van der Waals surface area contributed by atoms with E-state index >= 15 is 0 Å². The maximum atomic E-state index is 12.9. The molecule has 0 aromatic heterocycles. The van der Waals surface area contributed by atoms with E-state index in [0.29, 0.717) is 35.1 Å². The molecule has 1 N–H and O–H groups in total. The molecule has 188 valence electrons. The summed E-state index contributed by atoms with van der Waals surface area (Å²) < 4.78 is 17.0. The Morgan fingerprint density at radius 1 is 1.03 bits per heavy atom. The molecule has 1 amide bonds. The Balaban J connectivity index is 1.57. The third-order valence-corrected chi connectivity index (χ3v) is 6.36. The highest BCUT2D eigenvalue weighted by Gasteiger charge is 2.37. The highest BCUT2D eigenvalue weighted by Crippen LogP contribution is 2.43. The molecule has 8 nitrogen and oxygen atoms in total. The van der Waals surface area contributed by atoms with Crippen LogP contribution in [0.3, 0.4) is 0 Å². The number of thioether (sulfide) groups is 1. The predicted octanol–water partition coefficient (Wildman–Crippen LogP) is 5.18. The van der Waals surface area contributed by atoms with Crippen LogP contribution in [-0.2, 0) is 14.3 Å². The van der Waals surface area contributed by atoms with Crippen LogP contribution in [0, 0.1) is 6.92 Å². The smallest absolute Gasteiger partial charge is 0.338 e. The first-order chi connectivity index (χ1) is 17.4. The number of nitrogens with one attached hydrogen (secondary N) is 1. The number of benzene rings is 2. The molecule has 0 spiro atoms. The number of esters is 1. The van der Waals surface area contributed by atoms with Crippen molar-refractivity contribution in [1.82, 2.24) is 4.90 Å². The van der Waals surface area contributed by atoms with Crippen molar-refractivity contribution in [2.75, 3.05) is 25.1 Å². The molecule has 2 aromatic rings. The van der Waals surface area contributed by atoms with Crippen LogP contribution >= 0.6 is 11.8 Å². The number of hydrogen-bond acceptors (Lipinski definition) is 8. The molecule has 0 aliphatic carbocycles. The lowest BCUT2D eigenvalue weighted by molar-refractivity contribution is -0.139. The first kappa shape index (κ1) is 25.4. The normalized spacial score (nSPS) is 16.4. The molecule has 0 saturated heterocycles. The highest BCUT2D eigenvalue weighted by atomic mass is 32.2. The number of nitrogens with zero attached hydrogens (tertiary/aromatic N) is 2. The van der Waals surface area contributed by atoms with E-state index in [-0.39, 0.29) is 19.1 Å². The van der Waals surface area contributed by atoms with Crippen LogP contribution in [0.25, 0.3) is 0 Å². The molecule has 1 atom stereocenters. The van der Waals surface area contributed by atoms with Crippen LogP contribution in [0.4, 0.5) is 5.69 Å². The summed E-state index contributed by atoms with van der Waals surface area (Å²) in [6.45, 7) is 7.96. The zero-order valence-corrected chi connectivity index (χ0v) is 21.6. The van der Waals surface area contributed by atoms with Gasteiger partial charge in [-0.15, -0.1) is 0 Å². The summed E-state index contributed by atoms with van der Waals surface area (Å²) in [4.78, 5) is 31.9. The third-order valence-electron chi connectivity index (χ3n) is 5.59. The third kappa shape index (κ3) is 5.57. The molecule has 0 saturated carbocycles. The summed E-state index contributed by atoms with van der Waals surface area (Å²) in [5, 5.41) is 5.54.